The predicted molar refractivity (Wildman–Crippen MR) is 75.4 cm³/mol. The maximum absolute atomic E-state index is 10.6. The van der Waals surface area contributed by atoms with Gasteiger partial charge in [-0.3, -0.25) is 14.8 Å². The summed E-state index contributed by atoms with van der Waals surface area (Å²) in [4.78, 5) is 14.4. The van der Waals surface area contributed by atoms with Gasteiger partial charge >= 0.3 is 0 Å². The van der Waals surface area contributed by atoms with Crippen LogP contribution in [0.4, 0.5) is 5.69 Å². The fraction of sp³-hybridized carbons (Fsp3) is 0.0833. The summed E-state index contributed by atoms with van der Waals surface area (Å²) in [6.07, 6.45) is 3.45. The molecule has 0 aliphatic rings. The summed E-state index contributed by atoms with van der Waals surface area (Å²) in [7, 11) is 0. The zero-order valence-electron chi connectivity index (χ0n) is 10.5. The number of aromatic nitrogens is 4. The van der Waals surface area contributed by atoms with E-state index in [-0.39, 0.29) is 5.69 Å². The van der Waals surface area contributed by atoms with Gasteiger partial charge in [0.2, 0.25) is 11.7 Å². The molecular formula is C12H8BrN5O3. The zero-order valence-corrected chi connectivity index (χ0v) is 12.1. The fourth-order valence-electron chi connectivity index (χ4n) is 1.73. The minimum Gasteiger partial charge on any atom is -0.337 e. The monoisotopic (exact) mass is 349 g/mol. The Morgan fingerprint density at radius 3 is 2.71 bits per heavy atom. The molecule has 0 N–H and O–H groups in total. The smallest absolute Gasteiger partial charge is 0.269 e. The Kier molecular flexibility index (Phi) is 3.48. The average Bonchev–Trinajstić information content (AvgIpc) is 3.09. The van der Waals surface area contributed by atoms with Crippen LogP contribution in [0.5, 0.6) is 0 Å². The Bertz CT molecular complexity index is 780. The minimum atomic E-state index is -0.457. The molecule has 0 aliphatic heterocycles. The third-order valence-corrected chi connectivity index (χ3v) is 3.11. The minimum absolute atomic E-state index is 0.0175. The first kappa shape index (κ1) is 13.4. The van der Waals surface area contributed by atoms with Gasteiger partial charge in [0.1, 0.15) is 6.54 Å². The van der Waals surface area contributed by atoms with Crippen LogP contribution in [0.25, 0.3) is 11.4 Å². The number of benzene rings is 1. The van der Waals surface area contributed by atoms with E-state index in [9.17, 15) is 10.1 Å². The van der Waals surface area contributed by atoms with Crippen molar-refractivity contribution in [3.05, 3.63) is 57.1 Å². The Hall–Kier alpha value is -2.55. The third-order valence-electron chi connectivity index (χ3n) is 2.70. The molecule has 9 heteroatoms. The van der Waals surface area contributed by atoms with E-state index < -0.39 is 4.92 Å². The molecule has 0 spiro atoms. The Labute approximate surface area is 126 Å². The molecule has 0 saturated heterocycles. The number of nitro groups is 1. The standard InChI is InChI=1S/C12H8BrN5O3/c13-9-5-14-17(6-9)7-11-15-12(16-21-11)8-1-3-10(4-2-8)18(19)20/h1-6H,7H2. The molecule has 0 amide bonds. The lowest BCUT2D eigenvalue weighted by atomic mass is 10.2. The summed E-state index contributed by atoms with van der Waals surface area (Å²) in [6, 6.07) is 5.96. The highest BCUT2D eigenvalue weighted by molar-refractivity contribution is 9.10. The van der Waals surface area contributed by atoms with Crippen molar-refractivity contribution in [2.45, 2.75) is 6.54 Å². The summed E-state index contributed by atoms with van der Waals surface area (Å²) in [5.74, 6) is 0.782. The summed E-state index contributed by atoms with van der Waals surface area (Å²) in [5, 5.41) is 18.5. The number of hydrogen-bond donors (Lipinski definition) is 0. The van der Waals surface area contributed by atoms with E-state index in [1.54, 1.807) is 29.2 Å². The highest BCUT2D eigenvalue weighted by atomic mass is 79.9. The fourth-order valence-corrected chi connectivity index (χ4v) is 2.06. The van der Waals surface area contributed by atoms with Crippen molar-refractivity contribution in [3.8, 4) is 11.4 Å². The van der Waals surface area contributed by atoms with Gasteiger partial charge in [0, 0.05) is 23.9 Å². The van der Waals surface area contributed by atoms with Crippen LogP contribution in [0.2, 0.25) is 0 Å². The molecule has 3 aromatic rings. The Balaban J connectivity index is 1.79. The summed E-state index contributed by atoms with van der Waals surface area (Å²) < 4.78 is 7.65. The first-order valence-corrected chi connectivity index (χ1v) is 6.66. The van der Waals surface area contributed by atoms with Crippen molar-refractivity contribution in [1.29, 1.82) is 0 Å². The highest BCUT2D eigenvalue weighted by Gasteiger charge is 2.11. The van der Waals surface area contributed by atoms with Gasteiger partial charge in [-0.15, -0.1) is 0 Å². The molecule has 21 heavy (non-hydrogen) atoms. The normalized spacial score (nSPS) is 10.7. The van der Waals surface area contributed by atoms with Gasteiger partial charge < -0.3 is 4.52 Å². The number of halogens is 1. The molecule has 3 rings (SSSR count). The molecule has 0 bridgehead atoms. The van der Waals surface area contributed by atoms with E-state index in [4.69, 9.17) is 4.52 Å². The molecule has 0 radical (unpaired) electrons. The second-order valence-corrected chi connectivity index (χ2v) is 5.09. The van der Waals surface area contributed by atoms with Gasteiger partial charge in [-0.05, 0) is 28.1 Å². The predicted octanol–water partition coefficient (Wildman–Crippen LogP) is 2.65. The molecule has 0 saturated carbocycles. The SMILES string of the molecule is O=[N+]([O-])c1ccc(-c2noc(Cn3cc(Br)cn3)n2)cc1. The molecule has 1 aromatic carbocycles. The first-order chi connectivity index (χ1) is 10.1. The Morgan fingerprint density at radius 1 is 1.33 bits per heavy atom. The topological polar surface area (TPSA) is 99.9 Å². The summed E-state index contributed by atoms with van der Waals surface area (Å²) >= 11 is 3.30. The van der Waals surface area contributed by atoms with E-state index >= 15 is 0 Å². The van der Waals surface area contributed by atoms with Crippen LogP contribution < -0.4 is 0 Å². The molecule has 0 aliphatic carbocycles. The maximum Gasteiger partial charge on any atom is 0.269 e. The second kappa shape index (κ2) is 5.44. The number of rotatable bonds is 4. The van der Waals surface area contributed by atoms with Crippen LogP contribution in [0, 0.1) is 10.1 Å². The van der Waals surface area contributed by atoms with E-state index in [0.29, 0.717) is 23.8 Å². The van der Waals surface area contributed by atoms with Crippen molar-refractivity contribution in [2.24, 2.45) is 0 Å². The van der Waals surface area contributed by atoms with Crippen LogP contribution in [-0.4, -0.2) is 24.8 Å². The van der Waals surface area contributed by atoms with Gasteiger partial charge in [-0.2, -0.15) is 10.1 Å². The highest BCUT2D eigenvalue weighted by Crippen LogP contribution is 2.20. The number of non-ortho nitro benzene ring substituents is 1. The van der Waals surface area contributed by atoms with E-state index in [2.05, 4.69) is 31.2 Å². The maximum atomic E-state index is 10.6. The quantitative estimate of drug-likeness (QED) is 0.530. The molecule has 106 valence electrons. The van der Waals surface area contributed by atoms with Crippen molar-refractivity contribution < 1.29 is 9.45 Å². The van der Waals surface area contributed by atoms with Gasteiger partial charge in [0.15, 0.2) is 0 Å². The molecule has 2 aromatic heterocycles. The van der Waals surface area contributed by atoms with Crippen LogP contribution in [0.3, 0.4) is 0 Å². The van der Waals surface area contributed by atoms with E-state index in [0.717, 1.165) is 4.47 Å². The largest absolute Gasteiger partial charge is 0.337 e. The molecule has 0 fully saturated rings. The number of hydrogen-bond acceptors (Lipinski definition) is 6. The third kappa shape index (κ3) is 2.97. The lowest BCUT2D eigenvalue weighted by Crippen LogP contribution is -1.99. The van der Waals surface area contributed by atoms with Crippen molar-refractivity contribution in [1.82, 2.24) is 19.9 Å². The number of nitrogens with zero attached hydrogens (tertiary/aromatic N) is 5. The van der Waals surface area contributed by atoms with Gasteiger partial charge in [-0.25, -0.2) is 0 Å². The molecule has 0 unspecified atom stereocenters. The Morgan fingerprint density at radius 2 is 2.10 bits per heavy atom. The van der Waals surface area contributed by atoms with Crippen molar-refractivity contribution in [3.63, 3.8) is 0 Å². The van der Waals surface area contributed by atoms with Crippen molar-refractivity contribution in [2.75, 3.05) is 0 Å². The van der Waals surface area contributed by atoms with E-state index in [1.165, 1.54) is 12.1 Å². The lowest BCUT2D eigenvalue weighted by molar-refractivity contribution is -0.384. The van der Waals surface area contributed by atoms with Crippen LogP contribution in [-0.2, 0) is 6.54 Å². The van der Waals surface area contributed by atoms with Gasteiger partial charge in [0.05, 0.1) is 15.6 Å². The molecule has 8 nitrogen and oxygen atoms in total. The molecule has 2 heterocycles. The van der Waals surface area contributed by atoms with Crippen molar-refractivity contribution >= 4 is 21.6 Å². The second-order valence-electron chi connectivity index (χ2n) is 4.17. The van der Waals surface area contributed by atoms with Crippen LogP contribution in [0.1, 0.15) is 5.89 Å². The molecular weight excluding hydrogens is 342 g/mol. The summed E-state index contributed by atoms with van der Waals surface area (Å²) in [5.41, 5.74) is 0.668. The zero-order chi connectivity index (χ0) is 14.8. The lowest BCUT2D eigenvalue weighted by Gasteiger charge is -1.94. The molecule has 0 atom stereocenters. The first-order valence-electron chi connectivity index (χ1n) is 5.87. The van der Waals surface area contributed by atoms with Crippen LogP contribution >= 0.6 is 15.9 Å². The average molecular weight is 350 g/mol. The summed E-state index contributed by atoms with van der Waals surface area (Å²) in [6.45, 7) is 0.353. The number of nitro benzene ring substituents is 1. The van der Waals surface area contributed by atoms with E-state index in [1.807, 2.05) is 0 Å². The van der Waals surface area contributed by atoms with Gasteiger partial charge in [0.25, 0.3) is 5.69 Å². The van der Waals surface area contributed by atoms with Crippen LogP contribution in [0.15, 0.2) is 45.7 Å². The van der Waals surface area contributed by atoms with Gasteiger partial charge in [-0.1, -0.05) is 5.16 Å².